The molecule has 0 bridgehead atoms. The molecule has 1 saturated carbocycles. The summed E-state index contributed by atoms with van der Waals surface area (Å²) in [6.45, 7) is 0.398. The zero-order valence-corrected chi connectivity index (χ0v) is 13.4. The number of rotatable bonds is 4. The monoisotopic (exact) mass is 333 g/mol. The van der Waals surface area contributed by atoms with Gasteiger partial charge in [0.05, 0.1) is 22.7 Å². The van der Waals surface area contributed by atoms with E-state index in [0.29, 0.717) is 32.2 Å². The average Bonchev–Trinajstić information content (AvgIpc) is 2.96. The minimum Gasteiger partial charge on any atom is -0.481 e. The number of carbonyl (C=O) groups is 2. The molecule has 1 aliphatic carbocycles. The number of aliphatic carboxylic acids is 1. The average molecular weight is 333 g/mol. The van der Waals surface area contributed by atoms with Gasteiger partial charge < -0.3 is 15.7 Å². The number of nitrogens with zero attached hydrogens (tertiary/aromatic N) is 1. The number of nitrogens with one attached hydrogen (secondary N) is 2. The predicted octanol–water partition coefficient (Wildman–Crippen LogP) is 2.74. The smallest absolute Gasteiger partial charge is 0.315 e. The summed E-state index contributed by atoms with van der Waals surface area (Å²) in [6, 6.07) is 7.72. The molecule has 3 N–H and O–H groups in total. The van der Waals surface area contributed by atoms with E-state index < -0.39 is 5.97 Å². The van der Waals surface area contributed by atoms with Crippen molar-refractivity contribution in [1.82, 2.24) is 15.6 Å². The molecule has 2 amide bonds. The van der Waals surface area contributed by atoms with Crippen LogP contribution in [0.15, 0.2) is 24.3 Å². The lowest BCUT2D eigenvalue weighted by Crippen LogP contribution is -2.43. The number of fused-ring (bicyclic) bond motifs is 1. The number of carboxylic acids is 1. The van der Waals surface area contributed by atoms with E-state index in [2.05, 4.69) is 15.6 Å². The molecular weight excluding hydrogens is 314 g/mol. The van der Waals surface area contributed by atoms with Gasteiger partial charge in [-0.2, -0.15) is 0 Å². The van der Waals surface area contributed by atoms with Crippen LogP contribution in [0.3, 0.4) is 0 Å². The predicted molar refractivity (Wildman–Crippen MR) is 88.4 cm³/mol. The summed E-state index contributed by atoms with van der Waals surface area (Å²) in [5.74, 6) is -0.998. The van der Waals surface area contributed by atoms with Gasteiger partial charge in [0.25, 0.3) is 0 Å². The van der Waals surface area contributed by atoms with E-state index >= 15 is 0 Å². The highest BCUT2D eigenvalue weighted by Gasteiger charge is 2.26. The molecule has 1 aliphatic rings. The summed E-state index contributed by atoms with van der Waals surface area (Å²) in [7, 11) is 0. The number of urea groups is 1. The molecule has 1 fully saturated rings. The second kappa shape index (κ2) is 6.95. The first-order chi connectivity index (χ1) is 11.1. The van der Waals surface area contributed by atoms with Gasteiger partial charge in [-0.3, -0.25) is 4.79 Å². The Morgan fingerprint density at radius 3 is 2.65 bits per heavy atom. The number of amides is 2. The van der Waals surface area contributed by atoms with Crippen molar-refractivity contribution >= 4 is 33.6 Å². The Morgan fingerprint density at radius 2 is 1.96 bits per heavy atom. The SMILES string of the molecule is O=C(NCc1nc2ccccc2s1)NC1CCC(C(=O)O)CC1. The molecule has 0 atom stereocenters. The first-order valence-corrected chi connectivity index (χ1v) is 8.55. The van der Waals surface area contributed by atoms with Crippen LogP contribution in [0.25, 0.3) is 10.2 Å². The third-order valence-electron chi connectivity index (χ3n) is 4.15. The summed E-state index contributed by atoms with van der Waals surface area (Å²) < 4.78 is 1.11. The van der Waals surface area contributed by atoms with Gasteiger partial charge in [0.15, 0.2) is 0 Å². The van der Waals surface area contributed by atoms with E-state index in [0.717, 1.165) is 15.2 Å². The largest absolute Gasteiger partial charge is 0.481 e. The summed E-state index contributed by atoms with van der Waals surface area (Å²) in [5.41, 5.74) is 0.946. The fourth-order valence-electron chi connectivity index (χ4n) is 2.87. The van der Waals surface area contributed by atoms with Crippen LogP contribution >= 0.6 is 11.3 Å². The number of thiazole rings is 1. The highest BCUT2D eigenvalue weighted by atomic mass is 32.1. The Morgan fingerprint density at radius 1 is 1.22 bits per heavy atom. The molecule has 0 aliphatic heterocycles. The van der Waals surface area contributed by atoms with Crippen LogP contribution < -0.4 is 10.6 Å². The molecule has 0 spiro atoms. The minimum atomic E-state index is -0.733. The number of carboxylic acid groups (broad SMARTS) is 1. The van der Waals surface area contributed by atoms with E-state index in [9.17, 15) is 9.59 Å². The molecule has 23 heavy (non-hydrogen) atoms. The number of benzene rings is 1. The highest BCUT2D eigenvalue weighted by molar-refractivity contribution is 7.18. The lowest BCUT2D eigenvalue weighted by molar-refractivity contribution is -0.142. The van der Waals surface area contributed by atoms with Crippen LogP contribution in [0.1, 0.15) is 30.7 Å². The maximum absolute atomic E-state index is 12.0. The number of hydrogen-bond acceptors (Lipinski definition) is 4. The Labute approximate surface area is 137 Å². The standard InChI is InChI=1S/C16H19N3O3S/c20-15(21)10-5-7-11(8-6-10)18-16(22)17-9-14-19-12-3-1-2-4-13(12)23-14/h1-4,10-11H,5-9H2,(H,20,21)(H2,17,18,22). The molecule has 1 aromatic heterocycles. The van der Waals surface area contributed by atoms with Crippen LogP contribution in [0.4, 0.5) is 4.79 Å². The Hall–Kier alpha value is -2.15. The zero-order chi connectivity index (χ0) is 16.2. The fraction of sp³-hybridized carbons (Fsp3) is 0.438. The first kappa shape index (κ1) is 15.7. The van der Waals surface area contributed by atoms with Crippen molar-refractivity contribution in [2.24, 2.45) is 5.92 Å². The van der Waals surface area contributed by atoms with Crippen molar-refractivity contribution in [2.75, 3.05) is 0 Å². The van der Waals surface area contributed by atoms with E-state index in [1.165, 1.54) is 0 Å². The Bertz CT molecular complexity index is 674. The van der Waals surface area contributed by atoms with Gasteiger partial charge in [-0.1, -0.05) is 12.1 Å². The van der Waals surface area contributed by atoms with E-state index in [-0.39, 0.29) is 18.0 Å². The van der Waals surface area contributed by atoms with Gasteiger partial charge in [0, 0.05) is 6.04 Å². The van der Waals surface area contributed by atoms with Gasteiger partial charge in [0.1, 0.15) is 5.01 Å². The first-order valence-electron chi connectivity index (χ1n) is 7.73. The zero-order valence-electron chi connectivity index (χ0n) is 12.6. The van der Waals surface area contributed by atoms with Gasteiger partial charge >= 0.3 is 12.0 Å². The molecule has 122 valence electrons. The third-order valence-corrected chi connectivity index (χ3v) is 5.19. The molecule has 7 heteroatoms. The van der Waals surface area contributed by atoms with Crippen molar-refractivity contribution < 1.29 is 14.7 Å². The summed E-state index contributed by atoms with van der Waals surface area (Å²) >= 11 is 1.57. The highest BCUT2D eigenvalue weighted by Crippen LogP contribution is 2.24. The molecule has 0 unspecified atom stereocenters. The molecule has 0 saturated heterocycles. The molecule has 6 nitrogen and oxygen atoms in total. The topological polar surface area (TPSA) is 91.3 Å². The van der Waals surface area contributed by atoms with Crippen molar-refractivity contribution in [1.29, 1.82) is 0 Å². The summed E-state index contributed by atoms with van der Waals surface area (Å²) in [4.78, 5) is 27.3. The van der Waals surface area contributed by atoms with Crippen LogP contribution in [-0.4, -0.2) is 28.1 Å². The molecular formula is C16H19N3O3S. The van der Waals surface area contributed by atoms with Crippen LogP contribution in [0, 0.1) is 5.92 Å². The molecule has 2 aromatic rings. The quantitative estimate of drug-likeness (QED) is 0.802. The summed E-state index contributed by atoms with van der Waals surface area (Å²) in [5, 5.41) is 15.6. The van der Waals surface area contributed by atoms with E-state index in [1.54, 1.807) is 11.3 Å². The number of para-hydroxylation sites is 1. The van der Waals surface area contributed by atoms with Crippen molar-refractivity contribution in [2.45, 2.75) is 38.3 Å². The van der Waals surface area contributed by atoms with Crippen molar-refractivity contribution in [3.63, 3.8) is 0 Å². The maximum atomic E-state index is 12.0. The summed E-state index contributed by atoms with van der Waals surface area (Å²) in [6.07, 6.45) is 2.67. The fourth-order valence-corrected chi connectivity index (χ4v) is 3.78. The second-order valence-corrected chi connectivity index (χ2v) is 6.90. The van der Waals surface area contributed by atoms with Crippen LogP contribution in [0.5, 0.6) is 0 Å². The van der Waals surface area contributed by atoms with E-state index in [1.807, 2.05) is 24.3 Å². The minimum absolute atomic E-state index is 0.0565. The molecule has 1 aromatic carbocycles. The Balaban J connectivity index is 1.45. The third kappa shape index (κ3) is 3.98. The second-order valence-electron chi connectivity index (χ2n) is 5.79. The molecule has 3 rings (SSSR count). The molecule has 1 heterocycles. The van der Waals surface area contributed by atoms with Crippen LogP contribution in [0.2, 0.25) is 0 Å². The normalized spacial score (nSPS) is 21.0. The maximum Gasteiger partial charge on any atom is 0.315 e. The van der Waals surface area contributed by atoms with Gasteiger partial charge in [-0.25, -0.2) is 9.78 Å². The van der Waals surface area contributed by atoms with Crippen molar-refractivity contribution in [3.8, 4) is 0 Å². The van der Waals surface area contributed by atoms with Crippen LogP contribution in [-0.2, 0) is 11.3 Å². The van der Waals surface area contributed by atoms with Gasteiger partial charge in [-0.15, -0.1) is 11.3 Å². The molecule has 0 radical (unpaired) electrons. The van der Waals surface area contributed by atoms with E-state index in [4.69, 9.17) is 5.11 Å². The number of carbonyl (C=O) groups excluding carboxylic acids is 1. The van der Waals surface area contributed by atoms with Crippen molar-refractivity contribution in [3.05, 3.63) is 29.3 Å². The lowest BCUT2D eigenvalue weighted by atomic mass is 9.86. The van der Waals surface area contributed by atoms with Gasteiger partial charge in [0.2, 0.25) is 0 Å². The Kier molecular flexibility index (Phi) is 4.76. The lowest BCUT2D eigenvalue weighted by Gasteiger charge is -2.26. The van der Waals surface area contributed by atoms with Gasteiger partial charge in [-0.05, 0) is 37.8 Å². The number of aromatic nitrogens is 1. The number of hydrogen-bond donors (Lipinski definition) is 3.